The third kappa shape index (κ3) is 6.89. The SMILES string of the molecule is Nc1ncnc2c1ncn2[C@H]1CC[C@@H](CN(CCNCCc2ccc(Cl)cc2)CC[C@H](N)C(=O)O)O1. The lowest BCUT2D eigenvalue weighted by molar-refractivity contribution is -0.138. The smallest absolute Gasteiger partial charge is 0.320 e. The van der Waals surface area contributed by atoms with Gasteiger partial charge in [-0.2, -0.15) is 0 Å². The van der Waals surface area contributed by atoms with Crippen LogP contribution in [0.4, 0.5) is 5.82 Å². The molecule has 3 aromatic rings. The number of nitrogens with zero attached hydrogens (tertiary/aromatic N) is 5. The number of carboxylic acids is 1. The van der Waals surface area contributed by atoms with Gasteiger partial charge in [0.1, 0.15) is 24.1 Å². The Labute approximate surface area is 214 Å². The van der Waals surface area contributed by atoms with Crippen molar-refractivity contribution in [3.8, 4) is 0 Å². The van der Waals surface area contributed by atoms with Crippen LogP contribution in [-0.4, -0.2) is 80.4 Å². The van der Waals surface area contributed by atoms with Crippen LogP contribution in [0, 0.1) is 0 Å². The van der Waals surface area contributed by atoms with Gasteiger partial charge in [-0.05, 0) is 49.9 Å². The number of fused-ring (bicyclic) bond motifs is 1. The number of halogens is 1. The summed E-state index contributed by atoms with van der Waals surface area (Å²) >= 11 is 5.95. The number of hydrogen-bond acceptors (Lipinski definition) is 9. The van der Waals surface area contributed by atoms with Gasteiger partial charge >= 0.3 is 5.97 Å². The lowest BCUT2D eigenvalue weighted by atomic mass is 10.1. The minimum absolute atomic E-state index is 0.00162. The van der Waals surface area contributed by atoms with Crippen LogP contribution in [0.5, 0.6) is 0 Å². The maximum absolute atomic E-state index is 11.2. The Balaban J connectivity index is 1.29. The Morgan fingerprint density at radius 3 is 2.81 bits per heavy atom. The van der Waals surface area contributed by atoms with Crippen molar-refractivity contribution in [2.45, 2.75) is 44.1 Å². The van der Waals surface area contributed by atoms with Crippen molar-refractivity contribution in [2.24, 2.45) is 5.73 Å². The molecule has 4 rings (SSSR count). The Morgan fingerprint density at radius 1 is 1.22 bits per heavy atom. The minimum Gasteiger partial charge on any atom is -0.480 e. The second-order valence-electron chi connectivity index (χ2n) is 9.03. The molecule has 0 radical (unpaired) electrons. The topological polar surface area (TPSA) is 157 Å². The molecule has 0 spiro atoms. The summed E-state index contributed by atoms with van der Waals surface area (Å²) in [6.07, 6.45) is 5.90. The molecule has 194 valence electrons. The molecule has 0 unspecified atom stereocenters. The summed E-state index contributed by atoms with van der Waals surface area (Å²) in [5, 5.41) is 13.4. The van der Waals surface area contributed by atoms with Crippen molar-refractivity contribution in [1.82, 2.24) is 29.7 Å². The normalized spacial score (nSPS) is 18.8. The number of imidazole rings is 1. The molecule has 0 amide bonds. The molecule has 1 saturated heterocycles. The van der Waals surface area contributed by atoms with E-state index in [0.29, 0.717) is 36.5 Å². The maximum atomic E-state index is 11.2. The van der Waals surface area contributed by atoms with E-state index in [1.807, 2.05) is 28.8 Å². The lowest BCUT2D eigenvalue weighted by Crippen LogP contribution is -2.41. The highest BCUT2D eigenvalue weighted by Crippen LogP contribution is 2.31. The molecule has 1 aliphatic heterocycles. The molecule has 36 heavy (non-hydrogen) atoms. The lowest BCUT2D eigenvalue weighted by Gasteiger charge is -2.26. The first-order valence-corrected chi connectivity index (χ1v) is 12.5. The van der Waals surface area contributed by atoms with E-state index in [0.717, 1.165) is 43.9 Å². The van der Waals surface area contributed by atoms with Crippen LogP contribution in [0.3, 0.4) is 0 Å². The molecular weight excluding hydrogens is 484 g/mol. The molecule has 11 nitrogen and oxygen atoms in total. The maximum Gasteiger partial charge on any atom is 0.320 e. The van der Waals surface area contributed by atoms with Crippen LogP contribution in [-0.2, 0) is 16.0 Å². The fourth-order valence-corrected chi connectivity index (χ4v) is 4.51. The van der Waals surface area contributed by atoms with Crippen LogP contribution in [0.15, 0.2) is 36.9 Å². The van der Waals surface area contributed by atoms with Crippen LogP contribution in [0.1, 0.15) is 31.1 Å². The van der Waals surface area contributed by atoms with E-state index >= 15 is 0 Å². The van der Waals surface area contributed by atoms with Crippen molar-refractivity contribution < 1.29 is 14.6 Å². The molecule has 2 aromatic heterocycles. The summed E-state index contributed by atoms with van der Waals surface area (Å²) in [6, 6.07) is 6.97. The fraction of sp³-hybridized carbons (Fsp3) is 0.500. The fourth-order valence-electron chi connectivity index (χ4n) is 4.38. The highest BCUT2D eigenvalue weighted by Gasteiger charge is 2.29. The van der Waals surface area contributed by atoms with Gasteiger partial charge in [-0.3, -0.25) is 14.3 Å². The molecular formula is C24H33ClN8O3. The molecule has 1 aromatic carbocycles. The second kappa shape index (κ2) is 12.4. The van der Waals surface area contributed by atoms with Gasteiger partial charge < -0.3 is 26.6 Å². The van der Waals surface area contributed by atoms with Crippen LogP contribution < -0.4 is 16.8 Å². The van der Waals surface area contributed by atoms with E-state index in [1.54, 1.807) is 6.33 Å². The van der Waals surface area contributed by atoms with E-state index in [-0.39, 0.29) is 12.3 Å². The van der Waals surface area contributed by atoms with Crippen molar-refractivity contribution in [3.63, 3.8) is 0 Å². The van der Waals surface area contributed by atoms with Gasteiger partial charge in [0.2, 0.25) is 0 Å². The zero-order valence-electron chi connectivity index (χ0n) is 20.1. The van der Waals surface area contributed by atoms with Gasteiger partial charge in [-0.15, -0.1) is 0 Å². The second-order valence-corrected chi connectivity index (χ2v) is 9.47. The summed E-state index contributed by atoms with van der Waals surface area (Å²) in [4.78, 5) is 26.1. The number of nitrogens with two attached hydrogens (primary N) is 2. The number of carbonyl (C=O) groups is 1. The number of carboxylic acid groups (broad SMARTS) is 1. The molecule has 3 atom stereocenters. The van der Waals surface area contributed by atoms with Crippen molar-refractivity contribution in [1.29, 1.82) is 0 Å². The monoisotopic (exact) mass is 516 g/mol. The van der Waals surface area contributed by atoms with Gasteiger partial charge in [-0.1, -0.05) is 23.7 Å². The molecule has 0 aliphatic carbocycles. The first kappa shape index (κ1) is 26.2. The molecule has 1 aliphatic rings. The summed E-state index contributed by atoms with van der Waals surface area (Å²) < 4.78 is 8.23. The molecule has 0 bridgehead atoms. The van der Waals surface area contributed by atoms with Crippen molar-refractivity contribution in [3.05, 3.63) is 47.5 Å². The number of ether oxygens (including phenoxy) is 1. The average Bonchev–Trinajstić information content (AvgIpc) is 3.50. The van der Waals surface area contributed by atoms with E-state index in [1.165, 1.54) is 11.9 Å². The highest BCUT2D eigenvalue weighted by atomic mass is 35.5. The summed E-state index contributed by atoms with van der Waals surface area (Å²) in [7, 11) is 0. The number of rotatable bonds is 13. The van der Waals surface area contributed by atoms with Gasteiger partial charge in [0.25, 0.3) is 0 Å². The number of aromatic nitrogens is 4. The van der Waals surface area contributed by atoms with Crippen LogP contribution in [0.2, 0.25) is 5.02 Å². The Bertz CT molecular complexity index is 1140. The highest BCUT2D eigenvalue weighted by molar-refractivity contribution is 6.30. The average molecular weight is 517 g/mol. The van der Waals surface area contributed by atoms with E-state index in [2.05, 4.69) is 25.2 Å². The van der Waals surface area contributed by atoms with Gasteiger partial charge in [0.05, 0.1) is 12.4 Å². The molecule has 6 N–H and O–H groups in total. The molecule has 0 saturated carbocycles. The first-order valence-electron chi connectivity index (χ1n) is 12.1. The predicted octanol–water partition coefficient (Wildman–Crippen LogP) is 1.68. The van der Waals surface area contributed by atoms with Crippen molar-refractivity contribution >= 4 is 34.6 Å². The Morgan fingerprint density at radius 2 is 2.03 bits per heavy atom. The number of benzene rings is 1. The summed E-state index contributed by atoms with van der Waals surface area (Å²) in [5.41, 5.74) is 14.1. The van der Waals surface area contributed by atoms with Gasteiger partial charge in [0, 0.05) is 31.2 Å². The van der Waals surface area contributed by atoms with E-state index in [4.69, 9.17) is 27.8 Å². The predicted molar refractivity (Wildman–Crippen MR) is 138 cm³/mol. The zero-order valence-corrected chi connectivity index (χ0v) is 20.8. The van der Waals surface area contributed by atoms with Gasteiger partial charge in [-0.25, -0.2) is 15.0 Å². The third-order valence-electron chi connectivity index (χ3n) is 6.43. The Kier molecular flexibility index (Phi) is 9.05. The minimum atomic E-state index is -0.985. The van der Waals surface area contributed by atoms with Gasteiger partial charge in [0.15, 0.2) is 11.5 Å². The molecule has 12 heteroatoms. The number of anilines is 1. The summed E-state index contributed by atoms with van der Waals surface area (Å²) in [6.45, 7) is 3.63. The van der Waals surface area contributed by atoms with Crippen LogP contribution >= 0.6 is 11.6 Å². The molecule has 1 fully saturated rings. The largest absolute Gasteiger partial charge is 0.480 e. The zero-order chi connectivity index (χ0) is 25.5. The number of hydrogen-bond donors (Lipinski definition) is 4. The first-order chi connectivity index (χ1) is 17.4. The van der Waals surface area contributed by atoms with E-state index < -0.39 is 12.0 Å². The van der Waals surface area contributed by atoms with Crippen LogP contribution in [0.25, 0.3) is 11.2 Å². The number of nitrogen functional groups attached to an aromatic ring is 1. The van der Waals surface area contributed by atoms with Crippen molar-refractivity contribution in [2.75, 3.05) is 38.5 Å². The van der Waals surface area contributed by atoms with E-state index in [9.17, 15) is 9.90 Å². The number of aliphatic carboxylic acids is 1. The molecule has 3 heterocycles. The third-order valence-corrected chi connectivity index (χ3v) is 6.68. The quantitative estimate of drug-likeness (QED) is 0.246. The standard InChI is InChI=1S/C24H33ClN8O3/c25-17-3-1-16(2-4-17)7-9-28-10-12-32(11-8-19(26)24(34)35)13-18-5-6-20(36-18)33-15-31-21-22(27)29-14-30-23(21)33/h1-4,14-15,18-20,28H,5-13,26H2,(H,34,35)(H2,27,29,30)/t18-,19-,20+/m0/s1. The Hall–Kier alpha value is -2.83. The number of nitrogens with one attached hydrogen (secondary N) is 1. The summed E-state index contributed by atoms with van der Waals surface area (Å²) in [5.74, 6) is -0.640.